The molecule has 0 saturated carbocycles. The number of carbonyl (C=O) groups excluding carboxylic acids is 1. The maximum atomic E-state index is 11.8. The Kier molecular flexibility index (Phi) is 8.08. The number of nitrogens with two attached hydrogens (primary N) is 1. The van der Waals surface area contributed by atoms with Crippen molar-refractivity contribution in [3.8, 4) is 0 Å². The lowest BCUT2D eigenvalue weighted by Gasteiger charge is -2.31. The number of nitrogens with one attached hydrogen (secondary N) is 1. The molecule has 0 aromatic carbocycles. The van der Waals surface area contributed by atoms with Crippen molar-refractivity contribution in [3.05, 3.63) is 0 Å². The average molecular weight is 260 g/mol. The zero-order chi connectivity index (χ0) is 13.3. The third-order valence-electron chi connectivity index (χ3n) is 2.95. The van der Waals surface area contributed by atoms with E-state index in [4.69, 9.17) is 22.7 Å². The summed E-state index contributed by atoms with van der Waals surface area (Å²) < 4.78 is 5.18. The maximum Gasteiger partial charge on any atom is 0.220 e. The fourth-order valence-electron chi connectivity index (χ4n) is 1.65. The molecule has 0 atom stereocenters. The predicted octanol–water partition coefficient (Wildman–Crippen LogP) is 1.76. The van der Waals surface area contributed by atoms with E-state index in [9.17, 15) is 4.79 Å². The second kappa shape index (κ2) is 8.42. The molecule has 0 spiro atoms. The Labute approximate surface area is 109 Å². The zero-order valence-electron chi connectivity index (χ0n) is 11.0. The van der Waals surface area contributed by atoms with Gasteiger partial charge < -0.3 is 15.8 Å². The molecule has 0 aliphatic heterocycles. The molecule has 5 heteroatoms. The van der Waals surface area contributed by atoms with Crippen molar-refractivity contribution >= 4 is 23.1 Å². The van der Waals surface area contributed by atoms with Gasteiger partial charge in [-0.05, 0) is 26.2 Å². The van der Waals surface area contributed by atoms with Crippen LogP contribution in [-0.4, -0.2) is 29.6 Å². The number of rotatable bonds is 9. The van der Waals surface area contributed by atoms with Crippen molar-refractivity contribution in [2.24, 2.45) is 5.73 Å². The van der Waals surface area contributed by atoms with Crippen LogP contribution in [0.4, 0.5) is 0 Å². The van der Waals surface area contributed by atoms with Gasteiger partial charge in [-0.2, -0.15) is 0 Å². The molecule has 0 bridgehead atoms. The van der Waals surface area contributed by atoms with Gasteiger partial charge in [0.05, 0.1) is 10.5 Å². The van der Waals surface area contributed by atoms with Gasteiger partial charge in [0, 0.05) is 19.6 Å². The van der Waals surface area contributed by atoms with Gasteiger partial charge in [0.1, 0.15) is 0 Å². The van der Waals surface area contributed by atoms with E-state index in [0.29, 0.717) is 24.6 Å². The fraction of sp³-hybridized carbons (Fsp3) is 0.833. The lowest BCUT2D eigenvalue weighted by Crippen LogP contribution is -2.55. The molecule has 4 nitrogen and oxygen atoms in total. The minimum atomic E-state index is -0.530. The monoisotopic (exact) mass is 260 g/mol. The topological polar surface area (TPSA) is 64.3 Å². The normalized spacial score (nSPS) is 11.2. The molecule has 0 saturated heterocycles. The number of amides is 1. The van der Waals surface area contributed by atoms with Crippen molar-refractivity contribution in [3.63, 3.8) is 0 Å². The second-order valence-corrected chi connectivity index (χ2v) is 4.44. The molecular weight excluding hydrogens is 236 g/mol. The van der Waals surface area contributed by atoms with E-state index in [1.165, 1.54) is 0 Å². The fourth-order valence-corrected chi connectivity index (χ4v) is 1.99. The average Bonchev–Trinajstić information content (AvgIpc) is 2.31. The summed E-state index contributed by atoms with van der Waals surface area (Å²) in [5, 5.41) is 2.95. The van der Waals surface area contributed by atoms with E-state index >= 15 is 0 Å². The summed E-state index contributed by atoms with van der Waals surface area (Å²) in [6, 6.07) is 0. The zero-order valence-corrected chi connectivity index (χ0v) is 11.9. The molecule has 0 aliphatic rings. The molecule has 100 valence electrons. The molecule has 3 N–H and O–H groups in total. The van der Waals surface area contributed by atoms with Crippen LogP contribution in [0.15, 0.2) is 0 Å². The maximum absolute atomic E-state index is 11.8. The highest BCUT2D eigenvalue weighted by molar-refractivity contribution is 7.80. The van der Waals surface area contributed by atoms with E-state index in [0.717, 1.165) is 19.3 Å². The first kappa shape index (κ1) is 16.3. The Morgan fingerprint density at radius 3 is 2.35 bits per heavy atom. The van der Waals surface area contributed by atoms with E-state index in [2.05, 4.69) is 5.32 Å². The van der Waals surface area contributed by atoms with E-state index in [1.54, 1.807) is 0 Å². The van der Waals surface area contributed by atoms with Crippen LogP contribution in [0.2, 0.25) is 0 Å². The predicted molar refractivity (Wildman–Crippen MR) is 74.0 cm³/mol. The molecule has 1 amide bonds. The molecule has 0 radical (unpaired) electrons. The van der Waals surface area contributed by atoms with Gasteiger partial charge in [-0.15, -0.1) is 0 Å². The van der Waals surface area contributed by atoms with Crippen LogP contribution in [0.25, 0.3) is 0 Å². The Bertz CT molecular complexity index is 253. The van der Waals surface area contributed by atoms with Crippen LogP contribution >= 0.6 is 12.2 Å². The van der Waals surface area contributed by atoms with Gasteiger partial charge >= 0.3 is 0 Å². The molecule has 0 heterocycles. The SMILES string of the molecule is CCOCCCC(=O)NC(CC)(CC)C(N)=S. The number of ether oxygens (including phenoxy) is 1. The van der Waals surface area contributed by atoms with Crippen molar-refractivity contribution in [2.75, 3.05) is 13.2 Å². The van der Waals surface area contributed by atoms with Gasteiger partial charge in [-0.1, -0.05) is 26.1 Å². The summed E-state index contributed by atoms with van der Waals surface area (Å²) in [4.78, 5) is 12.1. The first-order valence-corrected chi connectivity index (χ1v) is 6.61. The van der Waals surface area contributed by atoms with Crippen LogP contribution in [0.5, 0.6) is 0 Å². The van der Waals surface area contributed by atoms with E-state index < -0.39 is 5.54 Å². The Morgan fingerprint density at radius 2 is 1.94 bits per heavy atom. The van der Waals surface area contributed by atoms with Crippen LogP contribution < -0.4 is 11.1 Å². The van der Waals surface area contributed by atoms with Crippen LogP contribution in [0.3, 0.4) is 0 Å². The lowest BCUT2D eigenvalue weighted by molar-refractivity contribution is -0.122. The number of thiocarbonyl (C=S) groups is 1. The Morgan fingerprint density at radius 1 is 1.35 bits per heavy atom. The number of hydrogen-bond donors (Lipinski definition) is 2. The van der Waals surface area contributed by atoms with Crippen LogP contribution in [0.1, 0.15) is 46.5 Å². The second-order valence-electron chi connectivity index (χ2n) is 4.00. The van der Waals surface area contributed by atoms with Gasteiger partial charge in [0.2, 0.25) is 5.91 Å². The molecule has 0 rings (SSSR count). The van der Waals surface area contributed by atoms with Crippen molar-refractivity contribution in [2.45, 2.75) is 52.0 Å². The van der Waals surface area contributed by atoms with Crippen LogP contribution in [0, 0.1) is 0 Å². The van der Waals surface area contributed by atoms with Gasteiger partial charge in [-0.3, -0.25) is 4.79 Å². The Hall–Kier alpha value is -0.680. The van der Waals surface area contributed by atoms with Crippen molar-refractivity contribution < 1.29 is 9.53 Å². The molecule has 0 aromatic rings. The summed E-state index contributed by atoms with van der Waals surface area (Å²) in [6.45, 7) is 7.18. The lowest BCUT2D eigenvalue weighted by atomic mass is 9.92. The van der Waals surface area contributed by atoms with Gasteiger partial charge in [0.15, 0.2) is 0 Å². The minimum Gasteiger partial charge on any atom is -0.391 e. The molecule has 0 unspecified atom stereocenters. The molecule has 0 fully saturated rings. The summed E-state index contributed by atoms with van der Waals surface area (Å²) in [5.74, 6) is -0.0128. The van der Waals surface area contributed by atoms with Crippen molar-refractivity contribution in [1.29, 1.82) is 0 Å². The third-order valence-corrected chi connectivity index (χ3v) is 3.34. The molecular formula is C12H24N2O2S. The number of carbonyl (C=O) groups is 1. The van der Waals surface area contributed by atoms with E-state index in [1.807, 2.05) is 20.8 Å². The highest BCUT2D eigenvalue weighted by Gasteiger charge is 2.30. The summed E-state index contributed by atoms with van der Waals surface area (Å²) in [5.41, 5.74) is 5.18. The highest BCUT2D eigenvalue weighted by Crippen LogP contribution is 2.16. The van der Waals surface area contributed by atoms with Crippen molar-refractivity contribution in [1.82, 2.24) is 5.32 Å². The quantitative estimate of drug-likeness (QED) is 0.490. The Balaban J connectivity index is 4.18. The molecule has 0 aliphatic carbocycles. The largest absolute Gasteiger partial charge is 0.391 e. The van der Waals surface area contributed by atoms with Gasteiger partial charge in [-0.25, -0.2) is 0 Å². The van der Waals surface area contributed by atoms with Crippen LogP contribution in [-0.2, 0) is 9.53 Å². The van der Waals surface area contributed by atoms with Gasteiger partial charge in [0.25, 0.3) is 0 Å². The molecule has 0 aromatic heterocycles. The summed E-state index contributed by atoms with van der Waals surface area (Å²) in [7, 11) is 0. The third kappa shape index (κ3) is 5.46. The smallest absolute Gasteiger partial charge is 0.220 e. The highest BCUT2D eigenvalue weighted by atomic mass is 32.1. The number of hydrogen-bond acceptors (Lipinski definition) is 3. The summed E-state index contributed by atoms with van der Waals surface area (Å²) in [6.07, 6.45) is 2.61. The first-order valence-electron chi connectivity index (χ1n) is 6.21. The first-order chi connectivity index (χ1) is 8.02. The minimum absolute atomic E-state index is 0.0128. The molecule has 17 heavy (non-hydrogen) atoms. The summed E-state index contributed by atoms with van der Waals surface area (Å²) >= 11 is 5.04. The standard InChI is InChI=1S/C12H24N2O2S/c1-4-12(5-2,11(13)17)14-10(15)8-7-9-16-6-3/h4-9H2,1-3H3,(H2,13,17)(H,14,15). The van der Waals surface area contributed by atoms with E-state index in [-0.39, 0.29) is 5.91 Å².